The van der Waals surface area contributed by atoms with Gasteiger partial charge in [-0.25, -0.2) is 4.79 Å². The molecule has 0 bridgehead atoms. The molecule has 1 aliphatic carbocycles. The van der Waals surface area contributed by atoms with E-state index in [0.717, 1.165) is 32.1 Å². The van der Waals surface area contributed by atoms with Crippen molar-refractivity contribution in [1.82, 2.24) is 5.32 Å². The number of alkyl carbamates (subject to hydrolysis) is 1. The summed E-state index contributed by atoms with van der Waals surface area (Å²) in [5, 5.41) is 3.08. The molecule has 3 N–H and O–H groups in total. The first-order chi connectivity index (χ1) is 8.22. The lowest BCUT2D eigenvalue weighted by atomic mass is 9.78. The maximum absolute atomic E-state index is 11.9. The maximum atomic E-state index is 11.9. The number of rotatable bonds is 3. The van der Waals surface area contributed by atoms with Gasteiger partial charge in [0.2, 0.25) is 0 Å². The molecule has 1 atom stereocenters. The molecule has 0 heterocycles. The highest BCUT2D eigenvalue weighted by Gasteiger charge is 2.35. The lowest BCUT2D eigenvalue weighted by Crippen LogP contribution is -2.53. The van der Waals surface area contributed by atoms with Gasteiger partial charge >= 0.3 is 6.09 Å². The van der Waals surface area contributed by atoms with E-state index in [4.69, 9.17) is 10.5 Å². The summed E-state index contributed by atoms with van der Waals surface area (Å²) in [6.07, 6.45) is 6.08. The minimum Gasteiger partial charge on any atom is -0.444 e. The van der Waals surface area contributed by atoms with Gasteiger partial charge in [0.15, 0.2) is 0 Å². The van der Waals surface area contributed by atoms with Gasteiger partial charge in [0.05, 0.1) is 0 Å². The van der Waals surface area contributed by atoms with Gasteiger partial charge < -0.3 is 15.8 Å². The predicted molar refractivity (Wildman–Crippen MR) is 73.5 cm³/mol. The number of nitrogens with one attached hydrogen (secondary N) is 1. The van der Waals surface area contributed by atoms with E-state index < -0.39 is 5.60 Å². The van der Waals surface area contributed by atoms with Gasteiger partial charge in [0.1, 0.15) is 5.60 Å². The Balaban J connectivity index is 2.63. The van der Waals surface area contributed by atoms with E-state index in [2.05, 4.69) is 5.32 Å². The van der Waals surface area contributed by atoms with Crippen LogP contribution in [0.5, 0.6) is 0 Å². The van der Waals surface area contributed by atoms with Gasteiger partial charge in [0, 0.05) is 11.6 Å². The first-order valence-electron chi connectivity index (χ1n) is 6.99. The normalized spacial score (nSPS) is 21.2. The Hall–Kier alpha value is -0.770. The van der Waals surface area contributed by atoms with Crippen molar-refractivity contribution >= 4 is 6.09 Å². The zero-order valence-electron chi connectivity index (χ0n) is 12.2. The molecule has 1 saturated carbocycles. The van der Waals surface area contributed by atoms with E-state index >= 15 is 0 Å². The van der Waals surface area contributed by atoms with Crippen LogP contribution in [-0.2, 0) is 4.74 Å². The lowest BCUT2D eigenvalue weighted by Gasteiger charge is -2.39. The third-order valence-electron chi connectivity index (χ3n) is 3.29. The fourth-order valence-corrected chi connectivity index (χ4v) is 2.75. The van der Waals surface area contributed by atoms with Crippen molar-refractivity contribution in [1.29, 1.82) is 0 Å². The second-order valence-corrected chi connectivity index (χ2v) is 6.65. The smallest absolute Gasteiger partial charge is 0.408 e. The average molecular weight is 256 g/mol. The molecule has 4 nitrogen and oxygen atoms in total. The van der Waals surface area contributed by atoms with Crippen LogP contribution in [0.3, 0.4) is 0 Å². The number of hydrogen-bond acceptors (Lipinski definition) is 3. The summed E-state index contributed by atoms with van der Waals surface area (Å²) in [5.41, 5.74) is 5.31. The van der Waals surface area contributed by atoms with E-state index in [1.54, 1.807) is 0 Å². The van der Waals surface area contributed by atoms with Gasteiger partial charge in [-0.05, 0) is 47.0 Å². The average Bonchev–Trinajstić information content (AvgIpc) is 2.13. The number of carbonyl (C=O) groups is 1. The first-order valence-corrected chi connectivity index (χ1v) is 6.99. The largest absolute Gasteiger partial charge is 0.444 e. The molecular weight excluding hydrogens is 228 g/mol. The number of ether oxygens (including phenoxy) is 1. The molecule has 0 aromatic rings. The lowest BCUT2D eigenvalue weighted by molar-refractivity contribution is 0.0411. The summed E-state index contributed by atoms with van der Waals surface area (Å²) >= 11 is 0. The monoisotopic (exact) mass is 256 g/mol. The highest BCUT2D eigenvalue weighted by atomic mass is 16.6. The van der Waals surface area contributed by atoms with Gasteiger partial charge in [-0.15, -0.1) is 0 Å². The summed E-state index contributed by atoms with van der Waals surface area (Å²) in [4.78, 5) is 11.9. The third-order valence-corrected chi connectivity index (χ3v) is 3.29. The number of hydrogen-bond donors (Lipinski definition) is 2. The molecule has 1 rings (SSSR count). The Labute approximate surface area is 111 Å². The van der Waals surface area contributed by atoms with Crippen molar-refractivity contribution in [2.75, 3.05) is 0 Å². The van der Waals surface area contributed by atoms with Crippen LogP contribution in [0.4, 0.5) is 4.79 Å². The highest BCUT2D eigenvalue weighted by Crippen LogP contribution is 2.32. The second kappa shape index (κ2) is 5.91. The molecule has 18 heavy (non-hydrogen) atoms. The Morgan fingerprint density at radius 2 is 1.89 bits per heavy atom. The zero-order valence-corrected chi connectivity index (χ0v) is 12.2. The minimum atomic E-state index is -0.450. The SMILES string of the molecule is C[C@H](N)CC1(NC(=O)OC(C)(C)C)CCCCC1. The quantitative estimate of drug-likeness (QED) is 0.816. The second-order valence-electron chi connectivity index (χ2n) is 6.65. The molecule has 1 amide bonds. The summed E-state index contributed by atoms with van der Waals surface area (Å²) in [6, 6.07) is 0.0954. The molecule has 0 aromatic heterocycles. The third kappa shape index (κ3) is 5.25. The van der Waals surface area contributed by atoms with E-state index in [-0.39, 0.29) is 17.7 Å². The van der Waals surface area contributed by atoms with E-state index in [9.17, 15) is 4.79 Å². The van der Waals surface area contributed by atoms with Gasteiger partial charge in [0.25, 0.3) is 0 Å². The Morgan fingerprint density at radius 3 is 2.33 bits per heavy atom. The molecule has 4 heteroatoms. The Bertz CT molecular complexity index is 276. The van der Waals surface area contributed by atoms with Gasteiger partial charge in [-0.1, -0.05) is 19.3 Å². The molecule has 0 aromatic carbocycles. The van der Waals surface area contributed by atoms with Crippen LogP contribution < -0.4 is 11.1 Å². The topological polar surface area (TPSA) is 64.3 Å². The predicted octanol–water partition coefficient (Wildman–Crippen LogP) is 2.95. The molecule has 0 unspecified atom stereocenters. The van der Waals surface area contributed by atoms with Crippen LogP contribution in [0.15, 0.2) is 0 Å². The Kier molecular flexibility index (Phi) is 5.02. The molecule has 0 spiro atoms. The van der Waals surface area contributed by atoms with Crippen LogP contribution in [0.2, 0.25) is 0 Å². The van der Waals surface area contributed by atoms with Crippen molar-refractivity contribution < 1.29 is 9.53 Å². The van der Waals surface area contributed by atoms with E-state index in [1.165, 1.54) is 6.42 Å². The molecule has 1 aliphatic rings. The number of amides is 1. The highest BCUT2D eigenvalue weighted by molar-refractivity contribution is 5.68. The van der Waals surface area contributed by atoms with Crippen molar-refractivity contribution in [2.45, 2.75) is 83.4 Å². The standard InChI is InChI=1S/C14H28N2O2/c1-11(15)10-14(8-6-5-7-9-14)16-12(17)18-13(2,3)4/h11H,5-10,15H2,1-4H3,(H,16,17)/t11-/m0/s1. The summed E-state index contributed by atoms with van der Waals surface area (Å²) in [7, 11) is 0. The van der Waals surface area contributed by atoms with Crippen LogP contribution in [0, 0.1) is 0 Å². The molecule has 0 saturated heterocycles. The number of nitrogens with two attached hydrogens (primary N) is 1. The zero-order chi connectivity index (χ0) is 13.8. The van der Waals surface area contributed by atoms with Crippen LogP contribution in [0.25, 0.3) is 0 Å². The van der Waals surface area contributed by atoms with Gasteiger partial charge in [-0.2, -0.15) is 0 Å². The van der Waals surface area contributed by atoms with Gasteiger partial charge in [-0.3, -0.25) is 0 Å². The van der Waals surface area contributed by atoms with E-state index in [0.29, 0.717) is 0 Å². The molecule has 0 radical (unpaired) electrons. The fraction of sp³-hybridized carbons (Fsp3) is 0.929. The van der Waals surface area contributed by atoms with Crippen molar-refractivity contribution in [3.05, 3.63) is 0 Å². The number of carbonyl (C=O) groups excluding carboxylic acids is 1. The Morgan fingerprint density at radius 1 is 1.33 bits per heavy atom. The van der Waals surface area contributed by atoms with Crippen molar-refractivity contribution in [3.63, 3.8) is 0 Å². The van der Waals surface area contributed by atoms with Crippen LogP contribution >= 0.6 is 0 Å². The molecular formula is C14H28N2O2. The maximum Gasteiger partial charge on any atom is 0.408 e. The summed E-state index contributed by atoms with van der Waals surface area (Å²) in [5.74, 6) is 0. The van der Waals surface area contributed by atoms with E-state index in [1.807, 2.05) is 27.7 Å². The van der Waals surface area contributed by atoms with Crippen molar-refractivity contribution in [2.24, 2.45) is 5.73 Å². The molecule has 1 fully saturated rings. The minimum absolute atomic E-state index is 0.0954. The molecule has 106 valence electrons. The molecule has 0 aliphatic heterocycles. The summed E-state index contributed by atoms with van der Waals surface area (Å²) < 4.78 is 5.36. The van der Waals surface area contributed by atoms with Crippen molar-refractivity contribution in [3.8, 4) is 0 Å². The van der Waals surface area contributed by atoms with Crippen LogP contribution in [-0.4, -0.2) is 23.3 Å². The summed E-state index contributed by atoms with van der Waals surface area (Å²) in [6.45, 7) is 7.64. The fourth-order valence-electron chi connectivity index (χ4n) is 2.75. The van der Waals surface area contributed by atoms with Crippen LogP contribution in [0.1, 0.15) is 66.2 Å². The first kappa shape index (κ1) is 15.3.